The van der Waals surface area contributed by atoms with Crippen LogP contribution in [0.25, 0.3) is 5.69 Å². The second-order valence-corrected chi connectivity index (χ2v) is 5.58. The van der Waals surface area contributed by atoms with Gasteiger partial charge in [-0.05, 0) is 30.3 Å². The van der Waals surface area contributed by atoms with E-state index >= 15 is 0 Å². The molecular formula is C18H14ClN3O3. The Hall–Kier alpha value is -3.12. The van der Waals surface area contributed by atoms with E-state index in [0.29, 0.717) is 16.3 Å². The fraction of sp³-hybridized carbons (Fsp3) is 0.0556. The Balaban J connectivity index is 1.83. The first-order valence-corrected chi connectivity index (χ1v) is 7.75. The fourth-order valence-corrected chi connectivity index (χ4v) is 2.46. The van der Waals surface area contributed by atoms with Gasteiger partial charge in [0.2, 0.25) is 0 Å². The number of anilines is 1. The smallest absolute Gasteiger partial charge is 0.339 e. The van der Waals surface area contributed by atoms with Gasteiger partial charge in [-0.25, -0.2) is 9.48 Å². The number of carbonyl (C=O) groups is 2. The summed E-state index contributed by atoms with van der Waals surface area (Å²) in [4.78, 5) is 24.2. The molecule has 1 N–H and O–H groups in total. The molecule has 2 aromatic carbocycles. The normalized spacial score (nSPS) is 10.3. The summed E-state index contributed by atoms with van der Waals surface area (Å²) >= 11 is 5.97. The number of benzene rings is 2. The van der Waals surface area contributed by atoms with Gasteiger partial charge in [-0.15, -0.1) is 0 Å². The summed E-state index contributed by atoms with van der Waals surface area (Å²) in [6.07, 6.45) is 3.03. The SMILES string of the molecule is COC(=O)c1ccccc1NC(=O)c1cnn(-c2cccc(Cl)c2)c1. The molecule has 0 spiro atoms. The van der Waals surface area contributed by atoms with Crippen LogP contribution in [0.4, 0.5) is 5.69 Å². The molecule has 25 heavy (non-hydrogen) atoms. The lowest BCUT2D eigenvalue weighted by molar-refractivity contribution is 0.0602. The molecule has 0 saturated carbocycles. The van der Waals surface area contributed by atoms with Gasteiger partial charge in [0, 0.05) is 11.2 Å². The van der Waals surface area contributed by atoms with Crippen LogP contribution >= 0.6 is 11.6 Å². The number of esters is 1. The van der Waals surface area contributed by atoms with Gasteiger partial charge in [0.25, 0.3) is 5.91 Å². The molecule has 0 aliphatic rings. The van der Waals surface area contributed by atoms with Gasteiger partial charge in [-0.2, -0.15) is 5.10 Å². The number of hydrogen-bond acceptors (Lipinski definition) is 4. The van der Waals surface area contributed by atoms with Crippen molar-refractivity contribution >= 4 is 29.2 Å². The molecule has 0 saturated heterocycles. The van der Waals surface area contributed by atoms with E-state index < -0.39 is 5.97 Å². The van der Waals surface area contributed by atoms with E-state index in [9.17, 15) is 9.59 Å². The van der Waals surface area contributed by atoms with Crippen molar-refractivity contribution in [3.05, 3.63) is 77.1 Å². The van der Waals surface area contributed by atoms with Gasteiger partial charge in [0.05, 0.1) is 35.8 Å². The number of nitrogens with zero attached hydrogens (tertiary/aromatic N) is 2. The number of amides is 1. The van der Waals surface area contributed by atoms with Crippen molar-refractivity contribution in [1.29, 1.82) is 0 Å². The average Bonchev–Trinajstić information content (AvgIpc) is 3.12. The number of aromatic nitrogens is 2. The molecule has 1 aromatic heterocycles. The molecule has 0 aliphatic carbocycles. The molecule has 1 heterocycles. The van der Waals surface area contributed by atoms with E-state index in [0.717, 1.165) is 5.69 Å². The first kappa shape index (κ1) is 16.7. The van der Waals surface area contributed by atoms with Crippen LogP contribution in [0.3, 0.4) is 0 Å². The molecule has 7 heteroatoms. The van der Waals surface area contributed by atoms with Crippen molar-refractivity contribution < 1.29 is 14.3 Å². The van der Waals surface area contributed by atoms with E-state index in [4.69, 9.17) is 16.3 Å². The van der Waals surface area contributed by atoms with Crippen LogP contribution in [0, 0.1) is 0 Å². The van der Waals surface area contributed by atoms with Crippen LogP contribution in [0.2, 0.25) is 5.02 Å². The second kappa shape index (κ2) is 7.19. The number of methoxy groups -OCH3 is 1. The van der Waals surface area contributed by atoms with E-state index in [2.05, 4.69) is 10.4 Å². The van der Waals surface area contributed by atoms with Crippen LogP contribution < -0.4 is 5.32 Å². The van der Waals surface area contributed by atoms with E-state index in [-0.39, 0.29) is 11.5 Å². The van der Waals surface area contributed by atoms with Crippen LogP contribution in [0.5, 0.6) is 0 Å². The summed E-state index contributed by atoms with van der Waals surface area (Å²) in [6, 6.07) is 13.7. The predicted molar refractivity (Wildman–Crippen MR) is 94.3 cm³/mol. The molecule has 0 radical (unpaired) electrons. The zero-order valence-corrected chi connectivity index (χ0v) is 14.0. The van der Waals surface area contributed by atoms with Crippen molar-refractivity contribution in [2.75, 3.05) is 12.4 Å². The van der Waals surface area contributed by atoms with Crippen LogP contribution in [-0.2, 0) is 4.74 Å². The molecule has 0 bridgehead atoms. The van der Waals surface area contributed by atoms with E-state index in [1.807, 2.05) is 6.07 Å². The molecule has 0 fully saturated rings. The summed E-state index contributed by atoms with van der Waals surface area (Å²) < 4.78 is 6.27. The third-order valence-electron chi connectivity index (χ3n) is 3.50. The monoisotopic (exact) mass is 355 g/mol. The minimum Gasteiger partial charge on any atom is -0.465 e. The Morgan fingerprint density at radius 1 is 1.16 bits per heavy atom. The number of para-hydroxylation sites is 1. The second-order valence-electron chi connectivity index (χ2n) is 5.14. The average molecular weight is 356 g/mol. The molecule has 3 rings (SSSR count). The van der Waals surface area contributed by atoms with Crippen LogP contribution in [0.1, 0.15) is 20.7 Å². The Labute approximate surface area is 149 Å². The zero-order chi connectivity index (χ0) is 17.8. The Morgan fingerprint density at radius 2 is 1.96 bits per heavy atom. The van der Waals surface area contributed by atoms with Crippen molar-refractivity contribution in [3.8, 4) is 5.69 Å². The first-order chi connectivity index (χ1) is 12.1. The first-order valence-electron chi connectivity index (χ1n) is 7.38. The molecule has 0 unspecified atom stereocenters. The number of rotatable bonds is 4. The number of halogens is 1. The Morgan fingerprint density at radius 3 is 2.72 bits per heavy atom. The summed E-state index contributed by atoms with van der Waals surface area (Å²) in [5.74, 6) is -0.907. The van der Waals surface area contributed by atoms with Crippen LogP contribution in [0.15, 0.2) is 60.9 Å². The van der Waals surface area contributed by atoms with Gasteiger partial charge in [0.1, 0.15) is 0 Å². The van der Waals surface area contributed by atoms with Gasteiger partial charge in [-0.3, -0.25) is 4.79 Å². The third kappa shape index (κ3) is 3.70. The highest BCUT2D eigenvalue weighted by Crippen LogP contribution is 2.18. The highest BCUT2D eigenvalue weighted by Gasteiger charge is 2.15. The number of ether oxygens (including phenoxy) is 1. The predicted octanol–water partition coefficient (Wildman–Crippen LogP) is 3.56. The largest absolute Gasteiger partial charge is 0.465 e. The molecule has 1 amide bonds. The lowest BCUT2D eigenvalue weighted by Gasteiger charge is -2.08. The van der Waals surface area contributed by atoms with Gasteiger partial charge < -0.3 is 10.1 Å². The van der Waals surface area contributed by atoms with Crippen LogP contribution in [-0.4, -0.2) is 28.8 Å². The van der Waals surface area contributed by atoms with Gasteiger partial charge in [0.15, 0.2) is 0 Å². The molecule has 0 aliphatic heterocycles. The molecule has 0 atom stereocenters. The summed E-state index contributed by atoms with van der Waals surface area (Å²) in [7, 11) is 1.29. The zero-order valence-electron chi connectivity index (χ0n) is 13.3. The Bertz CT molecular complexity index is 937. The quantitative estimate of drug-likeness (QED) is 0.726. The molecule has 126 valence electrons. The van der Waals surface area contributed by atoms with Gasteiger partial charge >= 0.3 is 5.97 Å². The molecular weight excluding hydrogens is 342 g/mol. The minimum atomic E-state index is -0.523. The highest BCUT2D eigenvalue weighted by molar-refractivity contribution is 6.30. The summed E-state index contributed by atoms with van der Waals surface area (Å²) in [5.41, 5.74) is 1.73. The molecule has 3 aromatic rings. The third-order valence-corrected chi connectivity index (χ3v) is 3.73. The minimum absolute atomic E-state index is 0.278. The van der Waals surface area contributed by atoms with Crippen molar-refractivity contribution in [2.45, 2.75) is 0 Å². The summed E-state index contributed by atoms with van der Waals surface area (Å²) in [6.45, 7) is 0. The molecule has 6 nitrogen and oxygen atoms in total. The Kier molecular flexibility index (Phi) is 4.81. The van der Waals surface area contributed by atoms with Crippen molar-refractivity contribution in [2.24, 2.45) is 0 Å². The van der Waals surface area contributed by atoms with Crippen molar-refractivity contribution in [3.63, 3.8) is 0 Å². The fourth-order valence-electron chi connectivity index (χ4n) is 2.27. The maximum absolute atomic E-state index is 12.4. The highest BCUT2D eigenvalue weighted by atomic mass is 35.5. The number of nitrogens with one attached hydrogen (secondary N) is 1. The van der Waals surface area contributed by atoms with E-state index in [1.54, 1.807) is 53.3 Å². The maximum atomic E-state index is 12.4. The van der Waals surface area contributed by atoms with E-state index in [1.165, 1.54) is 13.3 Å². The standard InChI is InChI=1S/C18H14ClN3O3/c1-25-18(24)15-7-2-3-8-16(15)21-17(23)12-10-20-22(11-12)14-6-4-5-13(19)9-14/h2-11H,1H3,(H,21,23). The number of carbonyl (C=O) groups excluding carboxylic acids is 2. The topological polar surface area (TPSA) is 73.2 Å². The van der Waals surface area contributed by atoms with Crippen molar-refractivity contribution in [1.82, 2.24) is 9.78 Å². The number of hydrogen-bond donors (Lipinski definition) is 1. The lowest BCUT2D eigenvalue weighted by atomic mass is 10.1. The lowest BCUT2D eigenvalue weighted by Crippen LogP contribution is -2.14. The summed E-state index contributed by atoms with van der Waals surface area (Å²) in [5, 5.41) is 7.44. The van der Waals surface area contributed by atoms with Gasteiger partial charge in [-0.1, -0.05) is 29.8 Å². The maximum Gasteiger partial charge on any atom is 0.339 e.